The lowest BCUT2D eigenvalue weighted by Crippen LogP contribution is -2.34. The van der Waals surface area contributed by atoms with Crippen LogP contribution in [-0.2, 0) is 13.1 Å². The van der Waals surface area contributed by atoms with Crippen LogP contribution >= 0.6 is 0 Å². The minimum Gasteiger partial charge on any atom is -0.478 e. The number of anilines is 2. The van der Waals surface area contributed by atoms with Crippen LogP contribution in [0.5, 0.6) is 0 Å². The molecule has 7 nitrogen and oxygen atoms in total. The molecule has 0 aliphatic carbocycles. The molecule has 1 aliphatic rings. The Morgan fingerprint density at radius 2 is 2.20 bits per heavy atom. The van der Waals surface area contributed by atoms with Crippen molar-refractivity contribution in [1.82, 2.24) is 14.8 Å². The van der Waals surface area contributed by atoms with Crippen molar-refractivity contribution in [3.63, 3.8) is 0 Å². The van der Waals surface area contributed by atoms with Crippen LogP contribution in [0.2, 0.25) is 0 Å². The van der Waals surface area contributed by atoms with Crippen molar-refractivity contribution in [2.45, 2.75) is 13.1 Å². The van der Waals surface area contributed by atoms with E-state index in [0.717, 1.165) is 18.0 Å². The van der Waals surface area contributed by atoms with Crippen LogP contribution in [0.3, 0.4) is 0 Å². The number of fused-ring (bicyclic) bond motifs is 1. The van der Waals surface area contributed by atoms with Gasteiger partial charge in [0.1, 0.15) is 12.1 Å². The van der Waals surface area contributed by atoms with Crippen LogP contribution < -0.4 is 10.6 Å². The van der Waals surface area contributed by atoms with Crippen LogP contribution in [0.4, 0.5) is 15.8 Å². The van der Waals surface area contributed by atoms with Gasteiger partial charge in [-0.25, -0.2) is 9.18 Å². The van der Waals surface area contributed by atoms with Crippen molar-refractivity contribution in [2.24, 2.45) is 0 Å². The monoisotopic (exact) mass is 277 g/mol. The number of carboxylic acids is 1. The highest BCUT2D eigenvalue weighted by molar-refractivity contribution is 5.91. The van der Waals surface area contributed by atoms with Gasteiger partial charge in [-0.1, -0.05) is 0 Å². The molecule has 1 aliphatic heterocycles. The number of carbonyl (C=O) groups is 1. The second-order valence-electron chi connectivity index (χ2n) is 4.56. The first kappa shape index (κ1) is 12.4. The molecule has 1 aromatic heterocycles. The highest BCUT2D eigenvalue weighted by Gasteiger charge is 2.22. The number of nitrogen functional groups attached to an aromatic ring is 1. The number of hydrogen-bond donors (Lipinski definition) is 2. The predicted octanol–water partition coefficient (Wildman–Crippen LogP) is 0.718. The lowest BCUT2D eigenvalue weighted by molar-refractivity contribution is 0.0692. The molecule has 104 valence electrons. The Labute approximate surface area is 113 Å². The van der Waals surface area contributed by atoms with Gasteiger partial charge in [-0.3, -0.25) is 0 Å². The molecule has 2 aromatic rings. The van der Waals surface area contributed by atoms with Gasteiger partial charge in [0.15, 0.2) is 5.82 Å². The molecule has 0 atom stereocenters. The van der Waals surface area contributed by atoms with Gasteiger partial charge in [0.05, 0.1) is 23.5 Å². The minimum absolute atomic E-state index is 0.233. The van der Waals surface area contributed by atoms with Crippen LogP contribution in [0.25, 0.3) is 0 Å². The summed E-state index contributed by atoms with van der Waals surface area (Å²) >= 11 is 0. The van der Waals surface area contributed by atoms with Crippen molar-refractivity contribution in [1.29, 1.82) is 0 Å². The average Bonchev–Trinajstić information content (AvgIpc) is 2.87. The third kappa shape index (κ3) is 1.94. The first-order valence-electron chi connectivity index (χ1n) is 6.00. The molecule has 3 N–H and O–H groups in total. The second kappa shape index (κ2) is 4.48. The number of nitrogens with two attached hydrogens (primary N) is 1. The highest BCUT2D eigenvalue weighted by Crippen LogP contribution is 2.29. The molecule has 0 unspecified atom stereocenters. The van der Waals surface area contributed by atoms with Crippen LogP contribution in [0, 0.1) is 5.82 Å². The number of aromatic carboxylic acids is 1. The van der Waals surface area contributed by atoms with Crippen LogP contribution in [0.1, 0.15) is 16.2 Å². The fourth-order valence-corrected chi connectivity index (χ4v) is 2.29. The second-order valence-corrected chi connectivity index (χ2v) is 4.56. The molecule has 8 heteroatoms. The van der Waals surface area contributed by atoms with E-state index in [1.807, 2.05) is 9.47 Å². The summed E-state index contributed by atoms with van der Waals surface area (Å²) < 4.78 is 15.7. The van der Waals surface area contributed by atoms with Gasteiger partial charge < -0.3 is 20.3 Å². The number of halogens is 1. The summed E-state index contributed by atoms with van der Waals surface area (Å²) in [5.41, 5.74) is 6.12. The van der Waals surface area contributed by atoms with E-state index in [1.54, 1.807) is 6.33 Å². The number of benzene rings is 1. The predicted molar refractivity (Wildman–Crippen MR) is 68.8 cm³/mol. The third-order valence-electron chi connectivity index (χ3n) is 3.33. The van der Waals surface area contributed by atoms with Crippen molar-refractivity contribution >= 4 is 17.3 Å². The van der Waals surface area contributed by atoms with Gasteiger partial charge in [-0.15, -0.1) is 10.2 Å². The summed E-state index contributed by atoms with van der Waals surface area (Å²) in [5, 5.41) is 16.6. The van der Waals surface area contributed by atoms with E-state index in [0.29, 0.717) is 25.3 Å². The molecular weight excluding hydrogens is 265 g/mol. The number of carboxylic acid groups (broad SMARTS) is 1. The molecule has 0 amide bonds. The van der Waals surface area contributed by atoms with Gasteiger partial charge in [-0.2, -0.15) is 0 Å². The zero-order chi connectivity index (χ0) is 14.3. The van der Waals surface area contributed by atoms with E-state index in [2.05, 4.69) is 10.2 Å². The van der Waals surface area contributed by atoms with Crippen molar-refractivity contribution in [3.8, 4) is 0 Å². The average molecular weight is 277 g/mol. The Morgan fingerprint density at radius 3 is 2.95 bits per heavy atom. The zero-order valence-corrected chi connectivity index (χ0v) is 10.5. The quantitative estimate of drug-likeness (QED) is 0.785. The molecule has 2 heterocycles. The van der Waals surface area contributed by atoms with E-state index < -0.39 is 17.3 Å². The summed E-state index contributed by atoms with van der Waals surface area (Å²) in [6.07, 6.45) is 1.64. The number of hydrogen-bond acceptors (Lipinski definition) is 5. The summed E-state index contributed by atoms with van der Waals surface area (Å²) in [5.74, 6) is -1.37. The van der Waals surface area contributed by atoms with Gasteiger partial charge in [0.2, 0.25) is 0 Å². The molecule has 20 heavy (non-hydrogen) atoms. The Kier molecular flexibility index (Phi) is 2.78. The third-order valence-corrected chi connectivity index (χ3v) is 3.33. The van der Waals surface area contributed by atoms with E-state index >= 15 is 0 Å². The van der Waals surface area contributed by atoms with E-state index in [1.165, 1.54) is 0 Å². The lowest BCUT2D eigenvalue weighted by Gasteiger charge is -2.30. The van der Waals surface area contributed by atoms with E-state index in [9.17, 15) is 9.18 Å². The fourth-order valence-electron chi connectivity index (χ4n) is 2.29. The van der Waals surface area contributed by atoms with Crippen molar-refractivity contribution < 1.29 is 14.3 Å². The van der Waals surface area contributed by atoms with Crippen LogP contribution in [0.15, 0.2) is 18.5 Å². The summed E-state index contributed by atoms with van der Waals surface area (Å²) in [6, 6.07) is 2.30. The maximum Gasteiger partial charge on any atom is 0.338 e. The molecule has 0 spiro atoms. The Bertz CT molecular complexity index is 684. The van der Waals surface area contributed by atoms with E-state index in [-0.39, 0.29) is 5.69 Å². The molecule has 0 saturated heterocycles. The first-order valence-corrected chi connectivity index (χ1v) is 6.00. The molecule has 0 bridgehead atoms. The zero-order valence-electron chi connectivity index (χ0n) is 10.5. The van der Waals surface area contributed by atoms with Crippen molar-refractivity contribution in [3.05, 3.63) is 35.7 Å². The van der Waals surface area contributed by atoms with Crippen LogP contribution in [-0.4, -0.2) is 32.4 Å². The number of rotatable bonds is 2. The summed E-state index contributed by atoms with van der Waals surface area (Å²) in [6.45, 7) is 1.75. The molecule has 3 rings (SSSR count). The van der Waals surface area contributed by atoms with Gasteiger partial charge in [0, 0.05) is 19.2 Å². The van der Waals surface area contributed by atoms with Gasteiger partial charge in [0.25, 0.3) is 0 Å². The van der Waals surface area contributed by atoms with Gasteiger partial charge >= 0.3 is 5.97 Å². The topological polar surface area (TPSA) is 97.3 Å². The molecule has 1 aromatic carbocycles. The maximum atomic E-state index is 13.8. The smallest absolute Gasteiger partial charge is 0.338 e. The highest BCUT2D eigenvalue weighted by atomic mass is 19.1. The largest absolute Gasteiger partial charge is 0.478 e. The number of nitrogens with zero attached hydrogens (tertiary/aromatic N) is 4. The first-order chi connectivity index (χ1) is 9.56. The lowest BCUT2D eigenvalue weighted by atomic mass is 10.1. The molecule has 0 radical (unpaired) electrons. The van der Waals surface area contributed by atoms with Crippen molar-refractivity contribution in [2.75, 3.05) is 17.2 Å². The maximum absolute atomic E-state index is 13.8. The Hall–Kier alpha value is -2.64. The number of aromatic nitrogens is 3. The summed E-state index contributed by atoms with van der Waals surface area (Å²) in [7, 11) is 0. The Morgan fingerprint density at radius 1 is 1.40 bits per heavy atom. The standard InChI is InChI=1S/C12H12FN5O2/c13-8-4-10(9(14)3-7(8)12(19)20)17-1-2-18-6-15-16-11(18)5-17/h3-4,6H,1-2,5,14H2,(H,19,20). The SMILES string of the molecule is Nc1cc(C(=O)O)c(F)cc1N1CCn2cnnc2C1. The molecule has 0 fully saturated rings. The Balaban J connectivity index is 1.96. The minimum atomic E-state index is -1.33. The molecule has 0 saturated carbocycles. The van der Waals surface area contributed by atoms with Gasteiger partial charge in [-0.05, 0) is 6.07 Å². The van der Waals surface area contributed by atoms with E-state index in [4.69, 9.17) is 10.8 Å². The molecular formula is C12H12FN5O2. The summed E-state index contributed by atoms with van der Waals surface area (Å²) in [4.78, 5) is 12.7. The normalized spacial score (nSPS) is 14.2. The fraction of sp³-hybridized carbons (Fsp3) is 0.250.